The standard InChI is InChI=1S/C44H29NO/c1-44(2)37-17-9-7-15-34(37)39-40-35-16-8-10-18-38(35)46-43(40)45-42(41(39)44)27-21-19-26(20-22-27)28-23-24-33-31-13-4-3-11-29(31)30-12-5-6-14-32(30)36(33)25-28/h3-25H,1-2H3. The van der Waals surface area contributed by atoms with Gasteiger partial charge >= 0.3 is 0 Å². The second-order valence-electron chi connectivity index (χ2n) is 13.1. The quantitative estimate of drug-likeness (QED) is 0.188. The number of fused-ring (bicyclic) bond motifs is 13. The molecule has 0 fully saturated rings. The van der Waals surface area contributed by atoms with E-state index in [-0.39, 0.29) is 5.41 Å². The summed E-state index contributed by atoms with van der Waals surface area (Å²) in [6.07, 6.45) is 0. The fourth-order valence-electron chi connectivity index (χ4n) is 8.13. The maximum absolute atomic E-state index is 6.41. The van der Waals surface area contributed by atoms with Gasteiger partial charge in [-0.15, -0.1) is 0 Å². The molecule has 2 nitrogen and oxygen atoms in total. The van der Waals surface area contributed by atoms with Crippen molar-refractivity contribution in [1.29, 1.82) is 0 Å². The molecule has 0 unspecified atom stereocenters. The van der Waals surface area contributed by atoms with Gasteiger partial charge in [0.15, 0.2) is 0 Å². The number of nitrogens with zero attached hydrogens (tertiary/aromatic N) is 1. The number of furan rings is 1. The van der Waals surface area contributed by atoms with Crippen LogP contribution < -0.4 is 0 Å². The normalized spacial score (nSPS) is 13.6. The second-order valence-corrected chi connectivity index (χ2v) is 13.1. The molecule has 46 heavy (non-hydrogen) atoms. The van der Waals surface area contributed by atoms with Crippen molar-refractivity contribution in [2.24, 2.45) is 0 Å². The number of aromatic nitrogens is 1. The highest BCUT2D eigenvalue weighted by Gasteiger charge is 2.40. The summed E-state index contributed by atoms with van der Waals surface area (Å²) in [5.74, 6) is 0. The van der Waals surface area contributed by atoms with Crippen LogP contribution in [0, 0.1) is 0 Å². The predicted molar refractivity (Wildman–Crippen MR) is 192 cm³/mol. The van der Waals surface area contributed by atoms with Gasteiger partial charge in [-0.3, -0.25) is 0 Å². The van der Waals surface area contributed by atoms with E-state index in [9.17, 15) is 0 Å². The minimum Gasteiger partial charge on any atom is -0.438 e. The van der Waals surface area contributed by atoms with Crippen LogP contribution in [0.1, 0.15) is 25.0 Å². The Morgan fingerprint density at radius 1 is 0.500 bits per heavy atom. The van der Waals surface area contributed by atoms with Crippen molar-refractivity contribution in [2.75, 3.05) is 0 Å². The molecule has 10 rings (SSSR count). The van der Waals surface area contributed by atoms with Gasteiger partial charge in [-0.2, -0.15) is 0 Å². The summed E-state index contributed by atoms with van der Waals surface area (Å²) < 4.78 is 6.41. The highest BCUT2D eigenvalue weighted by molar-refractivity contribution is 6.25. The van der Waals surface area contributed by atoms with Crippen LogP contribution in [0.3, 0.4) is 0 Å². The Morgan fingerprint density at radius 3 is 1.76 bits per heavy atom. The van der Waals surface area contributed by atoms with Crippen LogP contribution in [0.15, 0.2) is 144 Å². The van der Waals surface area contributed by atoms with Crippen LogP contribution in [0.5, 0.6) is 0 Å². The molecule has 0 radical (unpaired) electrons. The molecule has 0 amide bonds. The molecular weight excluding hydrogens is 558 g/mol. The first-order chi connectivity index (χ1) is 22.6. The molecule has 0 atom stereocenters. The molecule has 216 valence electrons. The first-order valence-electron chi connectivity index (χ1n) is 16.0. The van der Waals surface area contributed by atoms with E-state index in [1.165, 1.54) is 65.7 Å². The highest BCUT2D eigenvalue weighted by Crippen LogP contribution is 2.55. The molecule has 9 aromatic rings. The van der Waals surface area contributed by atoms with Crippen molar-refractivity contribution in [3.8, 4) is 33.5 Å². The lowest BCUT2D eigenvalue weighted by Gasteiger charge is -2.24. The zero-order valence-electron chi connectivity index (χ0n) is 25.6. The second kappa shape index (κ2) is 9.15. The topological polar surface area (TPSA) is 26.0 Å². The summed E-state index contributed by atoms with van der Waals surface area (Å²) in [7, 11) is 0. The Kier molecular flexibility index (Phi) is 5.09. The van der Waals surface area contributed by atoms with E-state index < -0.39 is 0 Å². The van der Waals surface area contributed by atoms with E-state index in [0.29, 0.717) is 5.71 Å². The monoisotopic (exact) mass is 587 g/mol. The van der Waals surface area contributed by atoms with Crippen molar-refractivity contribution in [2.45, 2.75) is 19.3 Å². The van der Waals surface area contributed by atoms with Gasteiger partial charge in [0, 0.05) is 21.9 Å². The van der Waals surface area contributed by atoms with Crippen molar-refractivity contribution >= 4 is 54.4 Å². The number of hydrogen-bond donors (Lipinski definition) is 0. The molecule has 0 saturated heterocycles. The third-order valence-electron chi connectivity index (χ3n) is 10.3. The number of rotatable bonds is 2. The van der Waals surface area contributed by atoms with Gasteiger partial charge in [0.25, 0.3) is 0 Å². The van der Waals surface area contributed by atoms with Gasteiger partial charge in [0.05, 0.1) is 11.1 Å². The number of benzene rings is 7. The van der Waals surface area contributed by atoms with E-state index in [4.69, 9.17) is 9.40 Å². The minimum atomic E-state index is -0.207. The molecular formula is C44H29NO. The molecule has 2 heterocycles. The lowest BCUT2D eigenvalue weighted by Crippen LogP contribution is -2.17. The van der Waals surface area contributed by atoms with Crippen molar-refractivity contribution in [3.63, 3.8) is 0 Å². The van der Waals surface area contributed by atoms with Gasteiger partial charge in [0.1, 0.15) is 5.58 Å². The Balaban J connectivity index is 1.17. The molecule has 0 bridgehead atoms. The predicted octanol–water partition coefficient (Wildman–Crippen LogP) is 12.1. The lowest BCUT2D eigenvalue weighted by molar-refractivity contribution is 0.645. The molecule has 2 aromatic heterocycles. The molecule has 0 spiro atoms. The van der Waals surface area contributed by atoms with Gasteiger partial charge in [-0.05, 0) is 72.3 Å². The van der Waals surface area contributed by atoms with Crippen molar-refractivity contribution < 1.29 is 4.42 Å². The van der Waals surface area contributed by atoms with Gasteiger partial charge in [-0.25, -0.2) is 4.98 Å². The molecule has 1 aliphatic rings. The van der Waals surface area contributed by atoms with E-state index in [0.717, 1.165) is 27.6 Å². The SMILES string of the molecule is CC1(C)c2ccccc2-c2c1c(-c1ccc(-c3ccc4c5ccccc5c5ccccc5c4c3)cc1)nc1oc3ccccc3c21. The maximum Gasteiger partial charge on any atom is 0.228 e. The number of hydrogen-bond acceptors (Lipinski definition) is 2. The fourth-order valence-corrected chi connectivity index (χ4v) is 8.13. The van der Waals surface area contributed by atoms with E-state index in [2.05, 4.69) is 141 Å². The minimum absolute atomic E-state index is 0.207. The molecule has 0 saturated carbocycles. The summed E-state index contributed by atoms with van der Waals surface area (Å²) in [6.45, 7) is 4.66. The highest BCUT2D eigenvalue weighted by atomic mass is 16.3. The summed E-state index contributed by atoms with van der Waals surface area (Å²) in [5.41, 5.74) is 11.0. The molecule has 1 aliphatic carbocycles. The molecule has 7 aromatic carbocycles. The maximum atomic E-state index is 6.41. The molecule has 0 N–H and O–H groups in total. The number of pyridine rings is 1. The van der Waals surface area contributed by atoms with Crippen LogP contribution in [-0.4, -0.2) is 4.98 Å². The van der Waals surface area contributed by atoms with Crippen LogP contribution >= 0.6 is 0 Å². The average molecular weight is 588 g/mol. The van der Waals surface area contributed by atoms with Gasteiger partial charge in [0.2, 0.25) is 5.71 Å². The zero-order valence-corrected chi connectivity index (χ0v) is 25.6. The summed E-state index contributed by atoms with van der Waals surface area (Å²) in [6, 6.07) is 50.5. The third-order valence-corrected chi connectivity index (χ3v) is 10.3. The summed E-state index contributed by atoms with van der Waals surface area (Å²) in [5, 5.41) is 9.97. The van der Waals surface area contributed by atoms with Crippen LogP contribution in [0.2, 0.25) is 0 Å². The van der Waals surface area contributed by atoms with Crippen molar-refractivity contribution in [1.82, 2.24) is 4.98 Å². The third kappa shape index (κ3) is 3.39. The van der Waals surface area contributed by atoms with Crippen LogP contribution in [0.25, 0.3) is 87.9 Å². The Labute approximate surface area is 266 Å². The van der Waals surface area contributed by atoms with E-state index in [1.54, 1.807) is 0 Å². The largest absolute Gasteiger partial charge is 0.438 e. The first kappa shape index (κ1) is 25.6. The van der Waals surface area contributed by atoms with Crippen LogP contribution in [0.4, 0.5) is 0 Å². The lowest BCUT2D eigenvalue weighted by atomic mass is 9.80. The van der Waals surface area contributed by atoms with E-state index >= 15 is 0 Å². The summed E-state index contributed by atoms with van der Waals surface area (Å²) in [4.78, 5) is 5.27. The zero-order chi connectivity index (χ0) is 30.6. The van der Waals surface area contributed by atoms with Gasteiger partial charge < -0.3 is 4.42 Å². The van der Waals surface area contributed by atoms with E-state index in [1.807, 2.05) is 12.1 Å². The average Bonchev–Trinajstić information content (AvgIpc) is 3.60. The smallest absolute Gasteiger partial charge is 0.228 e. The molecule has 2 heteroatoms. The summed E-state index contributed by atoms with van der Waals surface area (Å²) >= 11 is 0. The molecule has 0 aliphatic heterocycles. The Bertz CT molecular complexity index is 2680. The van der Waals surface area contributed by atoms with Crippen molar-refractivity contribution in [3.05, 3.63) is 151 Å². The first-order valence-corrected chi connectivity index (χ1v) is 16.0. The van der Waals surface area contributed by atoms with Crippen LogP contribution in [-0.2, 0) is 5.41 Å². The fraction of sp³-hybridized carbons (Fsp3) is 0.0682. The Morgan fingerprint density at radius 2 is 1.04 bits per heavy atom. The van der Waals surface area contributed by atoms with Gasteiger partial charge in [-0.1, -0.05) is 141 Å². The number of para-hydroxylation sites is 1. The Hall–Kier alpha value is -5.73.